The Morgan fingerprint density at radius 3 is 2.56 bits per heavy atom. The minimum atomic E-state index is 0.451. The SMILES string of the molecule is Nc1cc(-c2ccccc2)nc(-c2cscn2)n1. The molecular weight excluding hydrogens is 244 g/mol. The summed E-state index contributed by atoms with van der Waals surface area (Å²) in [6.45, 7) is 0. The number of hydrogen-bond donors (Lipinski definition) is 1. The fourth-order valence-electron chi connectivity index (χ4n) is 1.66. The van der Waals surface area contributed by atoms with Crippen molar-refractivity contribution in [2.24, 2.45) is 0 Å². The second-order valence-electron chi connectivity index (χ2n) is 3.74. The molecule has 2 N–H and O–H groups in total. The summed E-state index contributed by atoms with van der Waals surface area (Å²) in [6.07, 6.45) is 0. The molecule has 18 heavy (non-hydrogen) atoms. The van der Waals surface area contributed by atoms with Gasteiger partial charge in [0.05, 0.1) is 11.2 Å². The molecule has 0 amide bonds. The monoisotopic (exact) mass is 254 g/mol. The largest absolute Gasteiger partial charge is 0.384 e. The molecule has 3 aromatic rings. The minimum absolute atomic E-state index is 0.451. The predicted molar refractivity (Wildman–Crippen MR) is 73.0 cm³/mol. The maximum atomic E-state index is 5.83. The first-order valence-corrected chi connectivity index (χ1v) is 6.36. The van der Waals surface area contributed by atoms with E-state index in [4.69, 9.17) is 5.73 Å². The second-order valence-corrected chi connectivity index (χ2v) is 4.46. The van der Waals surface area contributed by atoms with Crippen LogP contribution in [0.3, 0.4) is 0 Å². The van der Waals surface area contributed by atoms with Gasteiger partial charge in [-0.25, -0.2) is 15.0 Å². The molecule has 0 fully saturated rings. The summed E-state index contributed by atoms with van der Waals surface area (Å²) in [5, 5.41) is 1.91. The molecule has 0 unspecified atom stereocenters. The molecule has 0 radical (unpaired) electrons. The number of nitrogens with zero attached hydrogens (tertiary/aromatic N) is 3. The first kappa shape index (κ1) is 10.9. The lowest BCUT2D eigenvalue weighted by atomic mass is 10.1. The molecule has 0 aliphatic carbocycles. The zero-order chi connectivity index (χ0) is 12.4. The van der Waals surface area contributed by atoms with E-state index in [2.05, 4.69) is 15.0 Å². The highest BCUT2D eigenvalue weighted by Gasteiger charge is 2.08. The van der Waals surface area contributed by atoms with Crippen molar-refractivity contribution in [2.45, 2.75) is 0 Å². The zero-order valence-electron chi connectivity index (χ0n) is 9.45. The van der Waals surface area contributed by atoms with Crippen molar-refractivity contribution in [1.82, 2.24) is 15.0 Å². The Bertz CT molecular complexity index is 650. The molecule has 2 heterocycles. The maximum Gasteiger partial charge on any atom is 0.181 e. The standard InChI is InChI=1S/C13H10N4S/c14-12-6-10(9-4-2-1-3-5-9)16-13(17-12)11-7-18-8-15-11/h1-8H,(H2,14,16,17). The van der Waals surface area contributed by atoms with E-state index in [-0.39, 0.29) is 0 Å². The molecule has 0 saturated heterocycles. The number of nitrogen functional groups attached to an aromatic ring is 1. The van der Waals surface area contributed by atoms with Crippen LogP contribution in [-0.4, -0.2) is 15.0 Å². The molecule has 0 aliphatic heterocycles. The van der Waals surface area contributed by atoms with E-state index in [1.807, 2.05) is 35.7 Å². The highest BCUT2D eigenvalue weighted by Crippen LogP contribution is 2.22. The van der Waals surface area contributed by atoms with E-state index in [0.717, 1.165) is 17.0 Å². The van der Waals surface area contributed by atoms with Crippen LogP contribution < -0.4 is 5.73 Å². The smallest absolute Gasteiger partial charge is 0.181 e. The van der Waals surface area contributed by atoms with Crippen LogP contribution >= 0.6 is 11.3 Å². The van der Waals surface area contributed by atoms with E-state index in [0.29, 0.717) is 11.6 Å². The summed E-state index contributed by atoms with van der Waals surface area (Å²) in [7, 11) is 0. The summed E-state index contributed by atoms with van der Waals surface area (Å²) in [5.41, 5.74) is 10.2. The first-order chi connectivity index (χ1) is 8.83. The summed E-state index contributed by atoms with van der Waals surface area (Å²) in [5.74, 6) is 1.02. The van der Waals surface area contributed by atoms with Gasteiger partial charge in [-0.2, -0.15) is 0 Å². The lowest BCUT2D eigenvalue weighted by Crippen LogP contribution is -1.98. The average Bonchev–Trinajstić information content (AvgIpc) is 2.93. The van der Waals surface area contributed by atoms with E-state index >= 15 is 0 Å². The van der Waals surface area contributed by atoms with Crippen LogP contribution in [0.2, 0.25) is 0 Å². The van der Waals surface area contributed by atoms with Gasteiger partial charge in [-0.05, 0) is 0 Å². The topological polar surface area (TPSA) is 64.7 Å². The molecule has 0 spiro atoms. The van der Waals surface area contributed by atoms with Crippen molar-refractivity contribution in [3.8, 4) is 22.8 Å². The van der Waals surface area contributed by atoms with Crippen molar-refractivity contribution in [3.63, 3.8) is 0 Å². The lowest BCUT2D eigenvalue weighted by Gasteiger charge is -2.04. The van der Waals surface area contributed by atoms with E-state index in [1.54, 1.807) is 11.6 Å². The molecule has 2 aromatic heterocycles. The Hall–Kier alpha value is -2.27. The van der Waals surface area contributed by atoms with Crippen LogP contribution in [-0.2, 0) is 0 Å². The Balaban J connectivity index is 2.12. The number of aromatic nitrogens is 3. The third-order valence-corrected chi connectivity index (χ3v) is 3.06. The van der Waals surface area contributed by atoms with Gasteiger partial charge >= 0.3 is 0 Å². The van der Waals surface area contributed by atoms with Gasteiger partial charge in [-0.1, -0.05) is 30.3 Å². The highest BCUT2D eigenvalue weighted by atomic mass is 32.1. The van der Waals surface area contributed by atoms with Crippen LogP contribution in [0.25, 0.3) is 22.8 Å². The number of hydrogen-bond acceptors (Lipinski definition) is 5. The van der Waals surface area contributed by atoms with Gasteiger partial charge in [0.1, 0.15) is 11.5 Å². The van der Waals surface area contributed by atoms with Crippen LogP contribution in [0.4, 0.5) is 5.82 Å². The maximum absolute atomic E-state index is 5.83. The summed E-state index contributed by atoms with van der Waals surface area (Å²) >= 11 is 1.51. The fraction of sp³-hybridized carbons (Fsp3) is 0. The Kier molecular flexibility index (Phi) is 2.74. The van der Waals surface area contributed by atoms with Crippen molar-refractivity contribution in [2.75, 3.05) is 5.73 Å². The fourth-order valence-corrected chi connectivity index (χ4v) is 2.19. The molecule has 4 nitrogen and oxygen atoms in total. The molecular formula is C13H10N4S. The summed E-state index contributed by atoms with van der Waals surface area (Å²) < 4.78 is 0. The Morgan fingerprint density at radius 1 is 1.00 bits per heavy atom. The zero-order valence-corrected chi connectivity index (χ0v) is 10.3. The van der Waals surface area contributed by atoms with Crippen LogP contribution in [0.15, 0.2) is 47.3 Å². The lowest BCUT2D eigenvalue weighted by molar-refractivity contribution is 1.16. The minimum Gasteiger partial charge on any atom is -0.384 e. The highest BCUT2D eigenvalue weighted by molar-refractivity contribution is 7.07. The summed E-state index contributed by atoms with van der Waals surface area (Å²) in [6, 6.07) is 11.7. The van der Waals surface area contributed by atoms with E-state index in [9.17, 15) is 0 Å². The number of anilines is 1. The predicted octanol–water partition coefficient (Wildman–Crippen LogP) is 2.85. The molecule has 88 valence electrons. The van der Waals surface area contributed by atoms with Gasteiger partial charge in [0, 0.05) is 17.0 Å². The average molecular weight is 254 g/mol. The van der Waals surface area contributed by atoms with Gasteiger partial charge in [0.25, 0.3) is 0 Å². The number of nitrogens with two attached hydrogens (primary N) is 1. The molecule has 0 saturated carbocycles. The van der Waals surface area contributed by atoms with Gasteiger partial charge < -0.3 is 5.73 Å². The van der Waals surface area contributed by atoms with Crippen molar-refractivity contribution in [3.05, 3.63) is 47.3 Å². The van der Waals surface area contributed by atoms with Crippen molar-refractivity contribution < 1.29 is 0 Å². The Morgan fingerprint density at radius 2 is 1.83 bits per heavy atom. The third-order valence-electron chi connectivity index (χ3n) is 2.48. The number of thiazole rings is 1. The normalized spacial score (nSPS) is 10.4. The number of benzene rings is 1. The van der Waals surface area contributed by atoms with Crippen molar-refractivity contribution in [1.29, 1.82) is 0 Å². The molecule has 3 rings (SSSR count). The van der Waals surface area contributed by atoms with E-state index < -0.39 is 0 Å². The van der Waals surface area contributed by atoms with E-state index in [1.165, 1.54) is 11.3 Å². The van der Waals surface area contributed by atoms with Crippen molar-refractivity contribution >= 4 is 17.2 Å². The molecule has 0 bridgehead atoms. The van der Waals surface area contributed by atoms with Gasteiger partial charge in [0.2, 0.25) is 0 Å². The van der Waals surface area contributed by atoms with Gasteiger partial charge in [0.15, 0.2) is 5.82 Å². The van der Waals surface area contributed by atoms with Crippen LogP contribution in [0.5, 0.6) is 0 Å². The van der Waals surface area contributed by atoms with Crippen LogP contribution in [0.1, 0.15) is 0 Å². The third kappa shape index (κ3) is 2.08. The second kappa shape index (κ2) is 4.54. The molecule has 5 heteroatoms. The van der Waals surface area contributed by atoms with Crippen LogP contribution in [0, 0.1) is 0 Å². The van der Waals surface area contributed by atoms with Gasteiger partial charge in [-0.15, -0.1) is 11.3 Å². The Labute approximate surface area is 108 Å². The quantitative estimate of drug-likeness (QED) is 0.763. The first-order valence-electron chi connectivity index (χ1n) is 5.41. The number of rotatable bonds is 2. The summed E-state index contributed by atoms with van der Waals surface area (Å²) in [4.78, 5) is 12.9. The molecule has 1 aromatic carbocycles. The molecule has 0 aliphatic rings. The molecule has 0 atom stereocenters. The van der Waals surface area contributed by atoms with Gasteiger partial charge in [-0.3, -0.25) is 0 Å².